The number of halogens is 1. The molecule has 4 nitrogen and oxygen atoms in total. The molecule has 102 valence electrons. The number of rotatable bonds is 5. The Hall–Kier alpha value is -0.140. The van der Waals surface area contributed by atoms with Crippen molar-refractivity contribution < 1.29 is 8.42 Å². The van der Waals surface area contributed by atoms with Crippen molar-refractivity contribution in [3.05, 3.63) is 20.8 Å². The summed E-state index contributed by atoms with van der Waals surface area (Å²) in [6, 6.07) is 2.33. The second-order valence-corrected chi connectivity index (χ2v) is 8.10. The van der Waals surface area contributed by atoms with Crippen LogP contribution in [0, 0.1) is 0 Å². The van der Waals surface area contributed by atoms with Gasteiger partial charge in [0.1, 0.15) is 0 Å². The molecule has 0 aromatic carbocycles. The largest absolute Gasteiger partial charge is 0.309 e. The minimum atomic E-state index is -3.09. The van der Waals surface area contributed by atoms with Crippen LogP contribution in [0.5, 0.6) is 0 Å². The molecular weight excluding hydrogens is 292 g/mol. The van der Waals surface area contributed by atoms with Crippen LogP contribution < -0.4 is 10.0 Å². The summed E-state index contributed by atoms with van der Waals surface area (Å²) >= 11 is 7.69. The Balaban J connectivity index is 1.87. The molecule has 1 aliphatic rings. The molecular formula is C11H17ClN2O2S2. The summed E-state index contributed by atoms with van der Waals surface area (Å²) < 4.78 is 25.2. The molecule has 1 heterocycles. The van der Waals surface area contributed by atoms with Gasteiger partial charge in [0.15, 0.2) is 0 Å². The van der Waals surface area contributed by atoms with Crippen molar-refractivity contribution >= 4 is 33.0 Å². The molecule has 7 heteroatoms. The number of hydrogen-bond donors (Lipinski definition) is 2. The van der Waals surface area contributed by atoms with Crippen LogP contribution in [-0.4, -0.2) is 27.8 Å². The lowest BCUT2D eigenvalue weighted by Crippen LogP contribution is -2.33. The molecule has 1 aromatic rings. The van der Waals surface area contributed by atoms with Gasteiger partial charge in [0.2, 0.25) is 10.0 Å². The summed E-state index contributed by atoms with van der Waals surface area (Å²) in [5.74, 6) is 0. The standard InChI is InChI=1S/C11H17ClN2O2S2/c1-18(15,16)14-6-5-13-9-3-2-4-10-8(9)7-11(12)17-10/h7,9,13-14H,2-6H2,1H3. The molecule has 18 heavy (non-hydrogen) atoms. The lowest BCUT2D eigenvalue weighted by atomic mass is 9.94. The predicted octanol–water partition coefficient (Wildman–Crippen LogP) is 1.92. The number of fused-ring (bicyclic) bond motifs is 1. The Bertz CT molecular complexity index is 513. The molecule has 0 amide bonds. The first-order valence-electron chi connectivity index (χ1n) is 5.92. The zero-order chi connectivity index (χ0) is 13.2. The first-order valence-corrected chi connectivity index (χ1v) is 9.00. The number of sulfonamides is 1. The maximum absolute atomic E-state index is 10.9. The zero-order valence-electron chi connectivity index (χ0n) is 10.2. The van der Waals surface area contributed by atoms with Gasteiger partial charge in [-0.2, -0.15) is 0 Å². The topological polar surface area (TPSA) is 58.2 Å². The number of thiophene rings is 1. The second kappa shape index (κ2) is 5.88. The molecule has 1 aromatic heterocycles. The molecule has 0 radical (unpaired) electrons. The summed E-state index contributed by atoms with van der Waals surface area (Å²) in [5.41, 5.74) is 1.29. The molecule has 0 bridgehead atoms. The van der Waals surface area contributed by atoms with Gasteiger partial charge < -0.3 is 5.32 Å². The van der Waals surface area contributed by atoms with Crippen molar-refractivity contribution in [3.8, 4) is 0 Å². The molecule has 1 aliphatic carbocycles. The van der Waals surface area contributed by atoms with E-state index < -0.39 is 10.0 Å². The van der Waals surface area contributed by atoms with Gasteiger partial charge in [0, 0.05) is 24.0 Å². The fraction of sp³-hybridized carbons (Fsp3) is 0.636. The number of hydrogen-bond acceptors (Lipinski definition) is 4. The van der Waals surface area contributed by atoms with Crippen molar-refractivity contribution in [2.24, 2.45) is 0 Å². The second-order valence-electron chi connectivity index (χ2n) is 4.49. The van der Waals surface area contributed by atoms with Crippen molar-refractivity contribution in [2.45, 2.75) is 25.3 Å². The summed E-state index contributed by atoms with van der Waals surface area (Å²) in [4.78, 5) is 1.36. The normalized spacial score (nSPS) is 19.8. The van der Waals surface area contributed by atoms with Crippen molar-refractivity contribution in [1.82, 2.24) is 10.0 Å². The van der Waals surface area contributed by atoms with E-state index in [1.807, 2.05) is 6.07 Å². The number of aryl methyl sites for hydroxylation is 1. The van der Waals surface area contributed by atoms with Gasteiger partial charge in [0.25, 0.3) is 0 Å². The van der Waals surface area contributed by atoms with E-state index in [1.54, 1.807) is 11.3 Å². The Kier molecular flexibility index (Phi) is 4.66. The van der Waals surface area contributed by atoms with E-state index in [0.717, 1.165) is 23.6 Å². The van der Waals surface area contributed by atoms with E-state index in [-0.39, 0.29) is 0 Å². The fourth-order valence-electron chi connectivity index (χ4n) is 2.22. The summed E-state index contributed by atoms with van der Waals surface area (Å²) in [6.07, 6.45) is 4.51. The van der Waals surface area contributed by atoms with Crippen LogP contribution in [0.2, 0.25) is 4.34 Å². The summed E-state index contributed by atoms with van der Waals surface area (Å²) in [6.45, 7) is 1.05. The molecule has 2 rings (SSSR count). The highest BCUT2D eigenvalue weighted by Gasteiger charge is 2.22. The minimum absolute atomic E-state index is 0.305. The number of nitrogens with one attached hydrogen (secondary N) is 2. The van der Waals surface area contributed by atoms with Crippen LogP contribution in [0.4, 0.5) is 0 Å². The van der Waals surface area contributed by atoms with Gasteiger partial charge >= 0.3 is 0 Å². The molecule has 2 N–H and O–H groups in total. The van der Waals surface area contributed by atoms with Crippen LogP contribution in [0.15, 0.2) is 6.07 Å². The summed E-state index contributed by atoms with van der Waals surface area (Å²) in [5, 5.41) is 3.38. The highest BCUT2D eigenvalue weighted by atomic mass is 35.5. The SMILES string of the molecule is CS(=O)(=O)NCCNC1CCCc2sc(Cl)cc21. The van der Waals surface area contributed by atoms with E-state index >= 15 is 0 Å². The van der Waals surface area contributed by atoms with Crippen LogP contribution >= 0.6 is 22.9 Å². The quantitative estimate of drug-likeness (QED) is 0.817. The molecule has 0 aliphatic heterocycles. The molecule has 0 saturated carbocycles. The highest BCUT2D eigenvalue weighted by molar-refractivity contribution is 7.88. The van der Waals surface area contributed by atoms with Gasteiger partial charge in [-0.15, -0.1) is 11.3 Å². The van der Waals surface area contributed by atoms with Gasteiger partial charge in [-0.25, -0.2) is 13.1 Å². The van der Waals surface area contributed by atoms with E-state index in [9.17, 15) is 8.42 Å². The lowest BCUT2D eigenvalue weighted by molar-refractivity contribution is 0.465. The minimum Gasteiger partial charge on any atom is -0.309 e. The Morgan fingerprint density at radius 3 is 3.00 bits per heavy atom. The van der Waals surface area contributed by atoms with Crippen molar-refractivity contribution in [3.63, 3.8) is 0 Å². The first kappa shape index (κ1) is 14.3. The Morgan fingerprint density at radius 1 is 1.50 bits per heavy atom. The van der Waals surface area contributed by atoms with Gasteiger partial charge in [-0.05, 0) is 30.9 Å². The van der Waals surface area contributed by atoms with E-state index in [2.05, 4.69) is 10.0 Å². The predicted molar refractivity (Wildman–Crippen MR) is 75.9 cm³/mol. The maximum Gasteiger partial charge on any atom is 0.208 e. The average molecular weight is 309 g/mol. The first-order chi connectivity index (χ1) is 8.46. The molecule has 0 saturated heterocycles. The van der Waals surface area contributed by atoms with Crippen molar-refractivity contribution in [2.75, 3.05) is 19.3 Å². The van der Waals surface area contributed by atoms with E-state index in [4.69, 9.17) is 11.6 Å². The molecule has 0 spiro atoms. The molecule has 0 fully saturated rings. The smallest absolute Gasteiger partial charge is 0.208 e. The van der Waals surface area contributed by atoms with E-state index in [1.165, 1.54) is 16.7 Å². The monoisotopic (exact) mass is 308 g/mol. The Labute approximate surface area is 117 Å². The lowest BCUT2D eigenvalue weighted by Gasteiger charge is -2.23. The highest BCUT2D eigenvalue weighted by Crippen LogP contribution is 2.37. The van der Waals surface area contributed by atoms with Gasteiger partial charge in [0.05, 0.1) is 10.6 Å². The van der Waals surface area contributed by atoms with Crippen LogP contribution in [0.1, 0.15) is 29.3 Å². The van der Waals surface area contributed by atoms with Gasteiger partial charge in [-0.1, -0.05) is 11.6 Å². The zero-order valence-corrected chi connectivity index (χ0v) is 12.6. The third kappa shape index (κ3) is 3.93. The third-order valence-electron chi connectivity index (χ3n) is 2.96. The van der Waals surface area contributed by atoms with Crippen LogP contribution in [-0.2, 0) is 16.4 Å². The van der Waals surface area contributed by atoms with Gasteiger partial charge in [-0.3, -0.25) is 0 Å². The fourth-order valence-corrected chi connectivity index (χ4v) is 4.07. The van der Waals surface area contributed by atoms with Crippen LogP contribution in [0.25, 0.3) is 0 Å². The third-order valence-corrected chi connectivity index (χ3v) is 5.03. The van der Waals surface area contributed by atoms with E-state index in [0.29, 0.717) is 19.1 Å². The van der Waals surface area contributed by atoms with Crippen LogP contribution in [0.3, 0.4) is 0 Å². The maximum atomic E-state index is 10.9. The average Bonchev–Trinajstić information content (AvgIpc) is 2.64. The molecule has 1 atom stereocenters. The molecule has 1 unspecified atom stereocenters. The summed E-state index contributed by atoms with van der Waals surface area (Å²) in [7, 11) is -3.09. The Morgan fingerprint density at radius 2 is 2.28 bits per heavy atom. The van der Waals surface area contributed by atoms with Crippen molar-refractivity contribution in [1.29, 1.82) is 0 Å².